The molecule has 0 aliphatic heterocycles. The molecule has 0 aromatic heterocycles. The van der Waals surface area contributed by atoms with Gasteiger partial charge >= 0.3 is 6.09 Å². The molecule has 1 N–H and O–H groups in total. The van der Waals surface area contributed by atoms with Crippen LogP contribution in [-0.2, 0) is 10.3 Å². The summed E-state index contributed by atoms with van der Waals surface area (Å²) in [6.07, 6.45) is 5.10. The molecule has 1 aromatic rings. The van der Waals surface area contributed by atoms with Crippen LogP contribution in [0.3, 0.4) is 0 Å². The van der Waals surface area contributed by atoms with Gasteiger partial charge in [0.25, 0.3) is 0 Å². The summed E-state index contributed by atoms with van der Waals surface area (Å²) in [7, 11) is 0. The highest BCUT2D eigenvalue weighted by molar-refractivity contribution is 9.10. The molecule has 0 atom stereocenters. The number of rotatable bonds is 2. The van der Waals surface area contributed by atoms with Gasteiger partial charge in [-0.15, -0.1) is 0 Å². The Morgan fingerprint density at radius 3 is 2.24 bits per heavy atom. The van der Waals surface area contributed by atoms with E-state index in [1.54, 1.807) is 0 Å². The fourth-order valence-electron chi connectivity index (χ4n) is 2.91. The van der Waals surface area contributed by atoms with E-state index in [0.717, 1.165) is 35.7 Å². The van der Waals surface area contributed by atoms with Crippen molar-refractivity contribution < 1.29 is 9.53 Å². The number of hydrogen-bond acceptors (Lipinski definition) is 2. The second-order valence-corrected chi connectivity index (χ2v) is 7.69. The molecule has 3 nitrogen and oxygen atoms in total. The van der Waals surface area contributed by atoms with Gasteiger partial charge in [0.15, 0.2) is 0 Å². The molecule has 1 aliphatic carbocycles. The Morgan fingerprint density at radius 2 is 1.71 bits per heavy atom. The van der Waals surface area contributed by atoms with Crippen LogP contribution in [0.5, 0.6) is 0 Å². The minimum atomic E-state index is -0.473. The van der Waals surface area contributed by atoms with Gasteiger partial charge in [0.2, 0.25) is 0 Å². The largest absolute Gasteiger partial charge is 0.444 e. The van der Waals surface area contributed by atoms with Gasteiger partial charge in [-0.2, -0.15) is 0 Å². The van der Waals surface area contributed by atoms with Crippen LogP contribution in [0.4, 0.5) is 4.79 Å². The number of hydrogen-bond donors (Lipinski definition) is 1. The standard InChI is InChI=1S/C17H24BrNO2/c1-16(2,3)21-15(20)19-17(11-5-4-6-12-17)13-7-9-14(18)10-8-13/h7-10H,4-6,11-12H2,1-3H3,(H,19,20). The van der Waals surface area contributed by atoms with E-state index >= 15 is 0 Å². The Labute approximate surface area is 135 Å². The summed E-state index contributed by atoms with van der Waals surface area (Å²) >= 11 is 3.47. The Hall–Kier alpha value is -1.03. The van der Waals surface area contributed by atoms with Crippen molar-refractivity contribution in [2.75, 3.05) is 0 Å². The van der Waals surface area contributed by atoms with Gasteiger partial charge in [0.05, 0.1) is 5.54 Å². The molecule has 21 heavy (non-hydrogen) atoms. The average molecular weight is 354 g/mol. The van der Waals surface area contributed by atoms with E-state index in [9.17, 15) is 4.79 Å². The van der Waals surface area contributed by atoms with Crippen LogP contribution in [0.25, 0.3) is 0 Å². The molecule has 0 radical (unpaired) electrons. The second-order valence-electron chi connectivity index (χ2n) is 6.78. The van der Waals surface area contributed by atoms with Gasteiger partial charge in [0.1, 0.15) is 5.60 Å². The molecule has 0 heterocycles. The topological polar surface area (TPSA) is 38.3 Å². The Bertz CT molecular complexity index is 485. The number of alkyl carbamates (subject to hydrolysis) is 1. The normalized spacial score (nSPS) is 18.1. The van der Waals surface area contributed by atoms with Gasteiger partial charge in [0, 0.05) is 4.47 Å². The lowest BCUT2D eigenvalue weighted by atomic mass is 9.76. The summed E-state index contributed by atoms with van der Waals surface area (Å²) in [5.41, 5.74) is 0.400. The molecule has 1 fully saturated rings. The molecule has 116 valence electrons. The molecule has 2 rings (SSSR count). The van der Waals surface area contributed by atoms with Crippen LogP contribution in [0.15, 0.2) is 28.7 Å². The SMILES string of the molecule is CC(C)(C)OC(=O)NC1(c2ccc(Br)cc2)CCCCC1. The number of amides is 1. The van der Waals surface area contributed by atoms with E-state index in [1.807, 2.05) is 32.9 Å². The van der Waals surface area contributed by atoms with Crippen molar-refractivity contribution in [2.45, 2.75) is 64.0 Å². The van der Waals surface area contributed by atoms with Crippen LogP contribution in [0, 0.1) is 0 Å². The Morgan fingerprint density at radius 1 is 1.14 bits per heavy atom. The van der Waals surface area contributed by atoms with Crippen molar-refractivity contribution >= 4 is 22.0 Å². The second kappa shape index (κ2) is 6.39. The van der Waals surface area contributed by atoms with Crippen molar-refractivity contribution in [1.29, 1.82) is 0 Å². The van der Waals surface area contributed by atoms with Gasteiger partial charge in [-0.25, -0.2) is 4.79 Å². The lowest BCUT2D eigenvalue weighted by molar-refractivity contribution is 0.0420. The van der Waals surface area contributed by atoms with Crippen LogP contribution in [0.1, 0.15) is 58.4 Å². The predicted molar refractivity (Wildman–Crippen MR) is 88.3 cm³/mol. The van der Waals surface area contributed by atoms with E-state index in [1.165, 1.54) is 6.42 Å². The number of halogens is 1. The molecule has 1 amide bonds. The summed E-state index contributed by atoms with van der Waals surface area (Å²) in [5.74, 6) is 0. The van der Waals surface area contributed by atoms with E-state index in [0.29, 0.717) is 0 Å². The monoisotopic (exact) mass is 353 g/mol. The third-order valence-corrected chi connectivity index (χ3v) is 4.37. The highest BCUT2D eigenvalue weighted by Gasteiger charge is 2.36. The Balaban J connectivity index is 2.21. The third-order valence-electron chi connectivity index (χ3n) is 3.84. The summed E-state index contributed by atoms with van der Waals surface area (Å²) in [6, 6.07) is 8.24. The van der Waals surface area contributed by atoms with Gasteiger partial charge in [-0.05, 0) is 51.3 Å². The highest BCUT2D eigenvalue weighted by atomic mass is 79.9. The number of carbonyl (C=O) groups is 1. The molecule has 1 aromatic carbocycles. The fraction of sp³-hybridized carbons (Fsp3) is 0.588. The number of benzene rings is 1. The van der Waals surface area contributed by atoms with Crippen LogP contribution >= 0.6 is 15.9 Å². The smallest absolute Gasteiger partial charge is 0.408 e. The molecule has 4 heteroatoms. The van der Waals surface area contributed by atoms with Gasteiger partial charge in [-0.3, -0.25) is 0 Å². The average Bonchev–Trinajstić information content (AvgIpc) is 2.38. The molecule has 0 unspecified atom stereocenters. The van der Waals surface area contributed by atoms with Gasteiger partial charge in [-0.1, -0.05) is 47.3 Å². The summed E-state index contributed by atoms with van der Waals surface area (Å²) in [5, 5.41) is 3.15. The highest BCUT2D eigenvalue weighted by Crippen LogP contribution is 2.37. The zero-order valence-electron chi connectivity index (χ0n) is 13.0. The maximum atomic E-state index is 12.2. The molecule has 1 saturated carbocycles. The summed E-state index contributed by atoms with van der Waals surface area (Å²) in [4.78, 5) is 12.2. The van der Waals surface area contributed by atoms with Crippen LogP contribution < -0.4 is 5.32 Å². The van der Waals surface area contributed by atoms with Crippen LogP contribution in [0.2, 0.25) is 0 Å². The zero-order valence-corrected chi connectivity index (χ0v) is 14.6. The molecule has 0 bridgehead atoms. The quantitative estimate of drug-likeness (QED) is 0.799. The lowest BCUT2D eigenvalue weighted by Gasteiger charge is -2.39. The number of carbonyl (C=O) groups excluding carboxylic acids is 1. The van der Waals surface area contributed by atoms with Gasteiger partial charge < -0.3 is 10.1 Å². The third kappa shape index (κ3) is 4.47. The minimum absolute atomic E-state index is 0.290. The first-order valence-corrected chi connectivity index (χ1v) is 8.37. The predicted octanol–water partition coefficient (Wildman–Crippen LogP) is 5.13. The van der Waals surface area contributed by atoms with Crippen molar-refractivity contribution in [3.63, 3.8) is 0 Å². The van der Waals surface area contributed by atoms with Crippen molar-refractivity contribution in [1.82, 2.24) is 5.32 Å². The van der Waals surface area contributed by atoms with Crippen molar-refractivity contribution in [3.8, 4) is 0 Å². The fourth-order valence-corrected chi connectivity index (χ4v) is 3.17. The van der Waals surface area contributed by atoms with Crippen LogP contribution in [-0.4, -0.2) is 11.7 Å². The van der Waals surface area contributed by atoms with Crippen molar-refractivity contribution in [2.24, 2.45) is 0 Å². The van der Waals surface area contributed by atoms with E-state index in [-0.39, 0.29) is 11.6 Å². The molecular weight excluding hydrogens is 330 g/mol. The molecule has 0 spiro atoms. The minimum Gasteiger partial charge on any atom is -0.444 e. The molecule has 1 aliphatic rings. The lowest BCUT2D eigenvalue weighted by Crippen LogP contribution is -2.48. The van der Waals surface area contributed by atoms with Crippen molar-refractivity contribution in [3.05, 3.63) is 34.3 Å². The summed E-state index contributed by atoms with van der Waals surface area (Å²) < 4.78 is 6.50. The zero-order chi connectivity index (χ0) is 15.5. The van der Waals surface area contributed by atoms with E-state index in [2.05, 4.69) is 33.4 Å². The van der Waals surface area contributed by atoms with E-state index < -0.39 is 5.60 Å². The number of ether oxygens (including phenoxy) is 1. The number of nitrogens with one attached hydrogen (secondary N) is 1. The first-order chi connectivity index (χ1) is 9.81. The Kier molecular flexibility index (Phi) is 4.97. The molecular formula is C17H24BrNO2. The molecule has 0 saturated heterocycles. The maximum Gasteiger partial charge on any atom is 0.408 e. The van der Waals surface area contributed by atoms with E-state index in [4.69, 9.17) is 4.74 Å². The maximum absolute atomic E-state index is 12.2. The first-order valence-electron chi connectivity index (χ1n) is 7.58. The first kappa shape index (κ1) is 16.3. The summed E-state index contributed by atoms with van der Waals surface area (Å²) in [6.45, 7) is 5.67.